The average Bonchev–Trinajstić information content (AvgIpc) is 3.17. The molecule has 10 nitrogen and oxygen atoms in total. The molecule has 0 unspecified atom stereocenters. The second-order valence-corrected chi connectivity index (χ2v) is 8.59. The van der Waals surface area contributed by atoms with Gasteiger partial charge in [-0.2, -0.15) is 5.10 Å². The lowest BCUT2D eigenvalue weighted by atomic mass is 9.98. The van der Waals surface area contributed by atoms with Crippen LogP contribution in [0, 0.1) is 5.82 Å². The topological polar surface area (TPSA) is 138 Å². The van der Waals surface area contributed by atoms with E-state index in [0.717, 1.165) is 10.7 Å². The quantitative estimate of drug-likeness (QED) is 0.316. The first-order valence-corrected chi connectivity index (χ1v) is 11.0. The van der Waals surface area contributed by atoms with Crippen LogP contribution in [0.1, 0.15) is 5.69 Å². The molecule has 1 aliphatic rings. The molecule has 2 aromatic carbocycles. The van der Waals surface area contributed by atoms with Gasteiger partial charge in [0.05, 0.1) is 11.4 Å². The number of fused-ring (bicyclic) bond motifs is 5. The van der Waals surface area contributed by atoms with Crippen LogP contribution < -0.4 is 21.3 Å². The molecule has 0 atom stereocenters. The first-order valence-electron chi connectivity index (χ1n) is 11.0. The first kappa shape index (κ1) is 23.1. The molecule has 0 bridgehead atoms. The van der Waals surface area contributed by atoms with Gasteiger partial charge in [-0.25, -0.2) is 9.07 Å². The predicted molar refractivity (Wildman–Crippen MR) is 134 cm³/mol. The highest BCUT2D eigenvalue weighted by molar-refractivity contribution is 6.05. The molecule has 5 rings (SSSR count). The summed E-state index contributed by atoms with van der Waals surface area (Å²) in [5.41, 5.74) is 7.92. The molecule has 2 aromatic heterocycles. The summed E-state index contributed by atoms with van der Waals surface area (Å²) in [6, 6.07) is 8.68. The number of aromatic hydroxyl groups is 1. The van der Waals surface area contributed by atoms with Gasteiger partial charge < -0.3 is 30.8 Å². The van der Waals surface area contributed by atoms with E-state index < -0.39 is 11.4 Å². The monoisotopic (exact) mass is 490 g/mol. The molecular formula is C25H23FN6O4. The van der Waals surface area contributed by atoms with Crippen molar-refractivity contribution in [2.75, 3.05) is 31.7 Å². The number of para-hydroxylation sites is 1. The van der Waals surface area contributed by atoms with Crippen molar-refractivity contribution in [1.82, 2.24) is 19.7 Å². The number of phenols is 1. The molecule has 36 heavy (non-hydrogen) atoms. The van der Waals surface area contributed by atoms with E-state index in [0.29, 0.717) is 34.8 Å². The number of amides is 1. The van der Waals surface area contributed by atoms with Crippen LogP contribution >= 0.6 is 0 Å². The maximum Gasteiger partial charge on any atom is 0.261 e. The summed E-state index contributed by atoms with van der Waals surface area (Å²) in [6.07, 6.45) is 3.18. The summed E-state index contributed by atoms with van der Waals surface area (Å²) in [7, 11) is 3.80. The summed E-state index contributed by atoms with van der Waals surface area (Å²) in [5, 5.41) is 17.2. The van der Waals surface area contributed by atoms with Crippen LogP contribution in [0.15, 0.2) is 53.3 Å². The molecule has 0 aliphatic carbocycles. The number of halogens is 1. The standard InChI is InChI=1S/C25H23FN6O4/c1-31(2)10-4-7-19(34)28-16-6-3-5-14-20-17(12-36-23(14)16)29-25(35)21-22(20)30-32(24(21)27)18-11-13(33)8-9-15(18)26/h3-9,11,33H,10,12,27H2,1-2H3,(H,28,34)(H,29,35)/b7-4+. The SMILES string of the molecule is CN(C)C/C=C/C(=O)Nc1cccc2c1OCc1[nH]c(=O)c3c(N)n(-c4cc(O)ccc4F)nc3c1-2. The molecule has 3 heterocycles. The molecule has 1 aliphatic heterocycles. The number of carbonyl (C=O) groups is 1. The van der Waals surface area contributed by atoms with Gasteiger partial charge in [0.25, 0.3) is 5.56 Å². The zero-order valence-corrected chi connectivity index (χ0v) is 19.5. The maximum absolute atomic E-state index is 14.6. The van der Waals surface area contributed by atoms with E-state index in [1.165, 1.54) is 18.2 Å². The Bertz CT molecular complexity index is 1600. The highest BCUT2D eigenvalue weighted by Gasteiger charge is 2.28. The van der Waals surface area contributed by atoms with Gasteiger partial charge in [0, 0.05) is 29.8 Å². The van der Waals surface area contributed by atoms with Crippen molar-refractivity contribution in [3.8, 4) is 28.3 Å². The fourth-order valence-corrected chi connectivity index (χ4v) is 4.16. The van der Waals surface area contributed by atoms with Crippen LogP contribution in [-0.2, 0) is 11.4 Å². The van der Waals surface area contributed by atoms with E-state index in [4.69, 9.17) is 10.5 Å². The van der Waals surface area contributed by atoms with Crippen molar-refractivity contribution in [2.24, 2.45) is 0 Å². The van der Waals surface area contributed by atoms with Crippen molar-refractivity contribution in [1.29, 1.82) is 0 Å². The Kier molecular flexibility index (Phi) is 5.69. The van der Waals surface area contributed by atoms with Gasteiger partial charge in [-0.3, -0.25) is 9.59 Å². The number of rotatable bonds is 5. The fraction of sp³-hybridized carbons (Fsp3) is 0.160. The fourth-order valence-electron chi connectivity index (χ4n) is 4.16. The average molecular weight is 490 g/mol. The van der Waals surface area contributed by atoms with E-state index in [-0.39, 0.29) is 40.7 Å². The van der Waals surface area contributed by atoms with E-state index in [2.05, 4.69) is 15.4 Å². The Labute approximate surface area is 204 Å². The molecular weight excluding hydrogens is 467 g/mol. The lowest BCUT2D eigenvalue weighted by molar-refractivity contribution is -0.111. The number of nitrogens with zero attached hydrogens (tertiary/aromatic N) is 3. The molecule has 184 valence electrons. The molecule has 0 saturated heterocycles. The molecule has 4 aromatic rings. The van der Waals surface area contributed by atoms with Crippen LogP contribution in [-0.4, -0.2) is 51.3 Å². The summed E-state index contributed by atoms with van der Waals surface area (Å²) in [4.78, 5) is 30.0. The number of likely N-dealkylation sites (N-methyl/N-ethyl adjacent to an activating group) is 1. The van der Waals surface area contributed by atoms with Gasteiger partial charge in [0.2, 0.25) is 5.91 Å². The van der Waals surface area contributed by atoms with E-state index >= 15 is 0 Å². The summed E-state index contributed by atoms with van der Waals surface area (Å²) in [6.45, 7) is 0.628. The number of nitrogens with two attached hydrogens (primary N) is 1. The van der Waals surface area contributed by atoms with Crippen molar-refractivity contribution >= 4 is 28.3 Å². The predicted octanol–water partition coefficient (Wildman–Crippen LogP) is 2.76. The number of pyridine rings is 1. The number of nitrogen functional groups attached to an aromatic ring is 1. The van der Waals surface area contributed by atoms with Gasteiger partial charge in [0.15, 0.2) is 5.75 Å². The Morgan fingerprint density at radius 1 is 1.36 bits per heavy atom. The van der Waals surface area contributed by atoms with Crippen molar-refractivity contribution in [2.45, 2.75) is 6.61 Å². The Balaban J connectivity index is 1.64. The molecule has 0 saturated carbocycles. The highest BCUT2D eigenvalue weighted by atomic mass is 19.1. The first-order chi connectivity index (χ1) is 17.2. The number of benzene rings is 2. The van der Waals surface area contributed by atoms with Crippen molar-refractivity contribution in [3.63, 3.8) is 0 Å². The van der Waals surface area contributed by atoms with Crippen LogP contribution in [0.5, 0.6) is 11.5 Å². The van der Waals surface area contributed by atoms with Gasteiger partial charge in [0.1, 0.15) is 40.6 Å². The molecule has 1 amide bonds. The number of H-pyrrole nitrogens is 1. The number of anilines is 2. The zero-order valence-electron chi connectivity index (χ0n) is 19.5. The number of hydrogen-bond acceptors (Lipinski definition) is 7. The number of nitrogens with one attached hydrogen (secondary N) is 2. The van der Waals surface area contributed by atoms with Gasteiger partial charge >= 0.3 is 0 Å². The molecule has 0 fully saturated rings. The van der Waals surface area contributed by atoms with Crippen LogP contribution in [0.25, 0.3) is 27.7 Å². The van der Waals surface area contributed by atoms with Gasteiger partial charge in [-0.15, -0.1) is 0 Å². The lowest BCUT2D eigenvalue weighted by Crippen LogP contribution is -2.18. The van der Waals surface area contributed by atoms with E-state index in [1.807, 2.05) is 19.0 Å². The second-order valence-electron chi connectivity index (χ2n) is 8.59. The molecule has 0 radical (unpaired) electrons. The number of carbonyl (C=O) groups excluding carboxylic acids is 1. The summed E-state index contributed by atoms with van der Waals surface area (Å²) < 4.78 is 21.6. The Morgan fingerprint density at radius 3 is 2.94 bits per heavy atom. The smallest absolute Gasteiger partial charge is 0.261 e. The molecule has 5 N–H and O–H groups in total. The number of phenolic OH excluding ortho intramolecular Hbond substituents is 1. The second kappa shape index (κ2) is 8.86. The van der Waals surface area contributed by atoms with E-state index in [9.17, 15) is 19.1 Å². The molecule has 11 heteroatoms. The Hall–Kier alpha value is -4.64. The Morgan fingerprint density at radius 2 is 2.17 bits per heavy atom. The number of hydrogen-bond donors (Lipinski definition) is 4. The largest absolute Gasteiger partial charge is 0.508 e. The van der Waals surface area contributed by atoms with Crippen LogP contribution in [0.4, 0.5) is 15.9 Å². The normalized spacial score (nSPS) is 12.6. The van der Waals surface area contributed by atoms with E-state index in [1.54, 1.807) is 24.3 Å². The minimum Gasteiger partial charge on any atom is -0.508 e. The molecule has 0 spiro atoms. The van der Waals surface area contributed by atoms with Crippen molar-refractivity contribution < 1.29 is 19.0 Å². The van der Waals surface area contributed by atoms with Gasteiger partial charge in [-0.1, -0.05) is 18.2 Å². The van der Waals surface area contributed by atoms with Crippen LogP contribution in [0.3, 0.4) is 0 Å². The number of aromatic nitrogens is 3. The summed E-state index contributed by atoms with van der Waals surface area (Å²) in [5.74, 6) is -0.848. The number of ether oxygens (including phenoxy) is 1. The van der Waals surface area contributed by atoms with Crippen molar-refractivity contribution in [3.05, 3.63) is 70.4 Å². The number of aromatic amines is 1. The third-order valence-electron chi connectivity index (χ3n) is 5.75. The third kappa shape index (κ3) is 3.95. The minimum atomic E-state index is -0.673. The summed E-state index contributed by atoms with van der Waals surface area (Å²) >= 11 is 0. The lowest BCUT2D eigenvalue weighted by Gasteiger charge is -2.23. The highest BCUT2D eigenvalue weighted by Crippen LogP contribution is 2.44. The van der Waals surface area contributed by atoms with Crippen LogP contribution in [0.2, 0.25) is 0 Å². The zero-order chi connectivity index (χ0) is 25.6. The van der Waals surface area contributed by atoms with Gasteiger partial charge in [-0.05, 0) is 32.3 Å². The maximum atomic E-state index is 14.6. The third-order valence-corrected chi connectivity index (χ3v) is 5.75. The minimum absolute atomic E-state index is 0.0180.